The third-order valence-electron chi connectivity index (χ3n) is 2.44. The molecule has 1 amide bonds. The fraction of sp³-hybridized carbons (Fsp3) is 0.462. The highest BCUT2D eigenvalue weighted by atomic mass is 16.2. The summed E-state index contributed by atoms with van der Waals surface area (Å²) in [5.41, 5.74) is 7.30. The number of amides is 1. The molecule has 0 saturated heterocycles. The van der Waals surface area contributed by atoms with Crippen LogP contribution in [0.4, 0.5) is 0 Å². The van der Waals surface area contributed by atoms with Crippen LogP contribution in [0.3, 0.4) is 0 Å². The van der Waals surface area contributed by atoms with Crippen molar-refractivity contribution in [1.29, 1.82) is 0 Å². The van der Waals surface area contributed by atoms with Crippen molar-refractivity contribution in [2.24, 2.45) is 5.73 Å². The summed E-state index contributed by atoms with van der Waals surface area (Å²) in [5.74, 6) is -0.0481. The molecule has 0 fully saturated rings. The predicted molar refractivity (Wildman–Crippen MR) is 65.9 cm³/mol. The van der Waals surface area contributed by atoms with E-state index in [0.29, 0.717) is 6.54 Å². The van der Waals surface area contributed by atoms with Gasteiger partial charge in [-0.25, -0.2) is 0 Å². The number of hydrogen-bond donors (Lipinski definition) is 1. The van der Waals surface area contributed by atoms with Crippen LogP contribution in [0.25, 0.3) is 0 Å². The highest BCUT2D eigenvalue weighted by Crippen LogP contribution is 2.09. The zero-order chi connectivity index (χ0) is 12.3. The minimum Gasteiger partial charge on any atom is -0.340 e. The van der Waals surface area contributed by atoms with Gasteiger partial charge in [0, 0.05) is 13.6 Å². The van der Waals surface area contributed by atoms with Crippen molar-refractivity contribution in [1.82, 2.24) is 4.90 Å². The standard InChI is InChI=1S/C13H20N2O/c1-10-5-7-11(8-6-10)9-15(4)12(16)13(2,3)14/h5-8H,9,14H2,1-4H3. The lowest BCUT2D eigenvalue weighted by Gasteiger charge is -2.25. The molecule has 0 bridgehead atoms. The van der Waals surface area contributed by atoms with Crippen LogP contribution in [-0.2, 0) is 11.3 Å². The van der Waals surface area contributed by atoms with Crippen LogP contribution in [-0.4, -0.2) is 23.4 Å². The minimum atomic E-state index is -0.806. The minimum absolute atomic E-state index is 0.0481. The van der Waals surface area contributed by atoms with E-state index in [0.717, 1.165) is 5.56 Å². The maximum atomic E-state index is 11.8. The maximum absolute atomic E-state index is 11.8. The molecule has 0 aliphatic carbocycles. The fourth-order valence-corrected chi connectivity index (χ4v) is 1.53. The lowest BCUT2D eigenvalue weighted by molar-refractivity contribution is -0.134. The van der Waals surface area contributed by atoms with E-state index in [1.165, 1.54) is 5.56 Å². The van der Waals surface area contributed by atoms with Gasteiger partial charge in [-0.3, -0.25) is 4.79 Å². The van der Waals surface area contributed by atoms with E-state index < -0.39 is 5.54 Å². The third-order valence-corrected chi connectivity index (χ3v) is 2.44. The van der Waals surface area contributed by atoms with Crippen LogP contribution in [0.5, 0.6) is 0 Å². The average molecular weight is 220 g/mol. The lowest BCUT2D eigenvalue weighted by Crippen LogP contribution is -2.49. The molecule has 1 aromatic carbocycles. The van der Waals surface area contributed by atoms with Gasteiger partial charge < -0.3 is 10.6 Å². The smallest absolute Gasteiger partial charge is 0.242 e. The Morgan fingerprint density at radius 2 is 1.81 bits per heavy atom. The van der Waals surface area contributed by atoms with Gasteiger partial charge in [0.25, 0.3) is 0 Å². The number of aryl methyl sites for hydroxylation is 1. The Bertz CT molecular complexity index is 363. The van der Waals surface area contributed by atoms with Gasteiger partial charge in [0.2, 0.25) is 5.91 Å². The van der Waals surface area contributed by atoms with E-state index in [9.17, 15) is 4.79 Å². The molecule has 0 aliphatic rings. The molecule has 0 radical (unpaired) electrons. The Labute approximate surface area is 97.2 Å². The number of carbonyl (C=O) groups is 1. The SMILES string of the molecule is Cc1ccc(CN(C)C(=O)C(C)(C)N)cc1. The summed E-state index contributed by atoms with van der Waals surface area (Å²) < 4.78 is 0. The van der Waals surface area contributed by atoms with E-state index in [2.05, 4.69) is 0 Å². The Morgan fingerprint density at radius 3 is 2.25 bits per heavy atom. The summed E-state index contributed by atoms with van der Waals surface area (Å²) in [6.07, 6.45) is 0. The zero-order valence-corrected chi connectivity index (χ0v) is 10.4. The summed E-state index contributed by atoms with van der Waals surface area (Å²) in [6.45, 7) is 6.09. The van der Waals surface area contributed by atoms with E-state index in [-0.39, 0.29) is 5.91 Å². The van der Waals surface area contributed by atoms with Crippen LogP contribution in [0, 0.1) is 6.92 Å². The predicted octanol–water partition coefficient (Wildman–Crippen LogP) is 1.69. The molecule has 2 N–H and O–H groups in total. The maximum Gasteiger partial charge on any atom is 0.242 e. The molecule has 0 saturated carbocycles. The van der Waals surface area contributed by atoms with Gasteiger partial charge in [-0.15, -0.1) is 0 Å². The highest BCUT2D eigenvalue weighted by Gasteiger charge is 2.25. The number of nitrogens with zero attached hydrogens (tertiary/aromatic N) is 1. The molecule has 1 rings (SSSR count). The molecule has 3 heteroatoms. The second-order valence-electron chi connectivity index (χ2n) is 4.87. The number of nitrogens with two attached hydrogens (primary N) is 1. The average Bonchev–Trinajstić information content (AvgIpc) is 2.19. The molecule has 16 heavy (non-hydrogen) atoms. The summed E-state index contributed by atoms with van der Waals surface area (Å²) in [6, 6.07) is 8.15. The van der Waals surface area contributed by atoms with Gasteiger partial charge >= 0.3 is 0 Å². The summed E-state index contributed by atoms with van der Waals surface area (Å²) >= 11 is 0. The molecule has 0 aromatic heterocycles. The molecule has 0 unspecified atom stereocenters. The first-order chi connectivity index (χ1) is 7.30. The quantitative estimate of drug-likeness (QED) is 0.842. The number of carbonyl (C=O) groups excluding carboxylic acids is 1. The monoisotopic (exact) mass is 220 g/mol. The van der Waals surface area contributed by atoms with Gasteiger partial charge in [-0.1, -0.05) is 29.8 Å². The Morgan fingerprint density at radius 1 is 1.31 bits per heavy atom. The first-order valence-corrected chi connectivity index (χ1v) is 5.40. The van der Waals surface area contributed by atoms with Crippen molar-refractivity contribution in [2.45, 2.75) is 32.9 Å². The second-order valence-corrected chi connectivity index (χ2v) is 4.87. The molecule has 88 valence electrons. The molecular weight excluding hydrogens is 200 g/mol. The van der Waals surface area contributed by atoms with Crippen LogP contribution in [0.1, 0.15) is 25.0 Å². The number of rotatable bonds is 3. The molecule has 3 nitrogen and oxygen atoms in total. The first-order valence-electron chi connectivity index (χ1n) is 5.40. The summed E-state index contributed by atoms with van der Waals surface area (Å²) in [5, 5.41) is 0. The van der Waals surface area contributed by atoms with Crippen LogP contribution in [0.15, 0.2) is 24.3 Å². The van der Waals surface area contributed by atoms with Gasteiger partial charge in [0.05, 0.1) is 5.54 Å². The second kappa shape index (κ2) is 4.66. The first kappa shape index (κ1) is 12.7. The van der Waals surface area contributed by atoms with E-state index in [4.69, 9.17) is 5.73 Å². The van der Waals surface area contributed by atoms with Crippen molar-refractivity contribution in [3.63, 3.8) is 0 Å². The highest BCUT2D eigenvalue weighted by molar-refractivity contribution is 5.84. The molecule has 0 heterocycles. The Hall–Kier alpha value is -1.35. The molecule has 0 spiro atoms. The molecule has 0 atom stereocenters. The van der Waals surface area contributed by atoms with Crippen molar-refractivity contribution >= 4 is 5.91 Å². The molecule has 0 aliphatic heterocycles. The third kappa shape index (κ3) is 3.35. The van der Waals surface area contributed by atoms with Gasteiger partial charge in [0.15, 0.2) is 0 Å². The normalized spacial score (nSPS) is 11.3. The zero-order valence-electron chi connectivity index (χ0n) is 10.4. The number of likely N-dealkylation sites (N-methyl/N-ethyl adjacent to an activating group) is 1. The fourth-order valence-electron chi connectivity index (χ4n) is 1.53. The largest absolute Gasteiger partial charge is 0.340 e. The lowest BCUT2D eigenvalue weighted by atomic mass is 10.1. The van der Waals surface area contributed by atoms with Crippen LogP contribution in [0.2, 0.25) is 0 Å². The van der Waals surface area contributed by atoms with E-state index >= 15 is 0 Å². The topological polar surface area (TPSA) is 46.3 Å². The molecular formula is C13H20N2O. The van der Waals surface area contributed by atoms with Crippen LogP contribution >= 0.6 is 0 Å². The number of benzene rings is 1. The van der Waals surface area contributed by atoms with Crippen molar-refractivity contribution in [2.75, 3.05) is 7.05 Å². The van der Waals surface area contributed by atoms with E-state index in [1.54, 1.807) is 25.8 Å². The van der Waals surface area contributed by atoms with E-state index in [1.807, 2.05) is 31.2 Å². The Kier molecular flexibility index (Phi) is 3.70. The van der Waals surface area contributed by atoms with Crippen molar-refractivity contribution in [3.05, 3.63) is 35.4 Å². The summed E-state index contributed by atoms with van der Waals surface area (Å²) in [7, 11) is 1.77. The van der Waals surface area contributed by atoms with Crippen molar-refractivity contribution < 1.29 is 4.79 Å². The summed E-state index contributed by atoms with van der Waals surface area (Å²) in [4.78, 5) is 13.5. The van der Waals surface area contributed by atoms with Crippen molar-refractivity contribution in [3.8, 4) is 0 Å². The van der Waals surface area contributed by atoms with Gasteiger partial charge in [0.1, 0.15) is 0 Å². The number of hydrogen-bond acceptors (Lipinski definition) is 2. The Balaban J connectivity index is 2.68. The molecule has 1 aromatic rings. The van der Waals surface area contributed by atoms with Gasteiger partial charge in [-0.05, 0) is 26.3 Å². The van der Waals surface area contributed by atoms with Crippen LogP contribution < -0.4 is 5.73 Å². The van der Waals surface area contributed by atoms with Gasteiger partial charge in [-0.2, -0.15) is 0 Å².